The monoisotopic (exact) mass is 706 g/mol. The SMILES string of the molecule is Cc1ccc(-c2ccc(NC(=O)C(Cc3ccc(C(=O)NCCS(=O)(=O)O)cc3)c3ccc(/C=C/C(C)(C)C)cc3)c(Cl)c2Cl)c(C)c1. The van der Waals surface area contributed by atoms with Crippen LogP contribution < -0.4 is 10.6 Å². The van der Waals surface area contributed by atoms with Crippen LogP contribution in [0.1, 0.15) is 64.9 Å². The van der Waals surface area contributed by atoms with Crippen molar-refractivity contribution in [1.82, 2.24) is 5.32 Å². The summed E-state index contributed by atoms with van der Waals surface area (Å²) in [7, 11) is -4.19. The number of halogens is 2. The summed E-state index contributed by atoms with van der Waals surface area (Å²) < 4.78 is 30.8. The van der Waals surface area contributed by atoms with Crippen LogP contribution >= 0.6 is 23.2 Å². The molecule has 4 aromatic rings. The van der Waals surface area contributed by atoms with E-state index in [-0.39, 0.29) is 22.9 Å². The minimum atomic E-state index is -4.19. The number of carbonyl (C=O) groups excluding carboxylic acids is 2. The highest BCUT2D eigenvalue weighted by Crippen LogP contribution is 2.40. The molecule has 48 heavy (non-hydrogen) atoms. The molecule has 4 aromatic carbocycles. The molecular weight excluding hydrogens is 667 g/mol. The number of amides is 2. The third-order valence-corrected chi connectivity index (χ3v) is 9.35. The average molecular weight is 708 g/mol. The third-order valence-electron chi connectivity index (χ3n) is 7.74. The Morgan fingerprint density at radius 1 is 0.875 bits per heavy atom. The normalized spacial score (nSPS) is 12.6. The van der Waals surface area contributed by atoms with Crippen molar-refractivity contribution in [2.24, 2.45) is 5.41 Å². The van der Waals surface area contributed by atoms with E-state index in [9.17, 15) is 18.0 Å². The molecule has 0 saturated heterocycles. The van der Waals surface area contributed by atoms with Gasteiger partial charge in [-0.3, -0.25) is 14.1 Å². The van der Waals surface area contributed by atoms with E-state index in [1.165, 1.54) is 0 Å². The minimum absolute atomic E-state index is 0.0228. The summed E-state index contributed by atoms with van der Waals surface area (Å²) in [5.41, 5.74) is 7.27. The fourth-order valence-electron chi connectivity index (χ4n) is 5.16. The number of anilines is 1. The van der Waals surface area contributed by atoms with Crippen molar-refractivity contribution < 1.29 is 22.6 Å². The molecule has 7 nitrogen and oxygen atoms in total. The number of nitrogens with one attached hydrogen (secondary N) is 2. The van der Waals surface area contributed by atoms with E-state index >= 15 is 0 Å². The summed E-state index contributed by atoms with van der Waals surface area (Å²) in [5.74, 6) is -1.96. The Kier molecular flexibility index (Phi) is 11.9. The van der Waals surface area contributed by atoms with Gasteiger partial charge in [-0.15, -0.1) is 0 Å². The van der Waals surface area contributed by atoms with Crippen molar-refractivity contribution in [3.8, 4) is 11.1 Å². The standard InChI is InChI=1S/C38H40Cl2N2O5S/c1-24-6-15-30(25(2)22-24)31-16-17-33(35(40)34(31)39)42-37(44)32(28-11-7-26(8-12-28)18-19-38(3,4)5)23-27-9-13-29(14-10-27)36(43)41-20-21-48(45,46)47/h6-19,22,32H,20-21,23H2,1-5H3,(H,41,43)(H,42,44)(H,45,46,47)/b19-18+. The highest BCUT2D eigenvalue weighted by molar-refractivity contribution is 7.85. The van der Waals surface area contributed by atoms with Gasteiger partial charge in [-0.25, -0.2) is 0 Å². The van der Waals surface area contributed by atoms with Gasteiger partial charge in [0.25, 0.3) is 16.0 Å². The lowest BCUT2D eigenvalue weighted by atomic mass is 9.89. The zero-order valence-corrected chi connectivity index (χ0v) is 29.9. The van der Waals surface area contributed by atoms with Crippen LogP contribution in [0.3, 0.4) is 0 Å². The van der Waals surface area contributed by atoms with E-state index in [4.69, 9.17) is 27.8 Å². The van der Waals surface area contributed by atoms with E-state index in [2.05, 4.69) is 49.6 Å². The number of carbonyl (C=O) groups is 2. The number of rotatable bonds is 11. The van der Waals surface area contributed by atoms with Crippen LogP contribution in [0.5, 0.6) is 0 Å². The van der Waals surface area contributed by atoms with Crippen molar-refractivity contribution in [1.29, 1.82) is 0 Å². The third kappa shape index (κ3) is 10.3. The Labute approximate surface area is 293 Å². The predicted molar refractivity (Wildman–Crippen MR) is 197 cm³/mol. The number of aryl methyl sites for hydroxylation is 2. The zero-order valence-electron chi connectivity index (χ0n) is 27.6. The number of hydrogen-bond donors (Lipinski definition) is 3. The molecule has 0 bridgehead atoms. The molecule has 0 saturated carbocycles. The van der Waals surface area contributed by atoms with E-state index in [0.29, 0.717) is 22.7 Å². The van der Waals surface area contributed by atoms with E-state index in [0.717, 1.165) is 38.9 Å². The molecule has 0 aliphatic heterocycles. The van der Waals surface area contributed by atoms with Gasteiger partial charge in [-0.05, 0) is 71.7 Å². The highest BCUT2D eigenvalue weighted by Gasteiger charge is 2.24. The molecule has 10 heteroatoms. The van der Waals surface area contributed by atoms with Crippen LogP contribution in [0.2, 0.25) is 10.0 Å². The first-order valence-electron chi connectivity index (χ1n) is 15.5. The van der Waals surface area contributed by atoms with Crippen molar-refractivity contribution >= 4 is 56.9 Å². The number of allylic oxidation sites excluding steroid dienone is 1. The van der Waals surface area contributed by atoms with Gasteiger partial charge in [0.1, 0.15) is 0 Å². The summed E-state index contributed by atoms with van der Waals surface area (Å²) in [6.45, 7) is 10.2. The first-order valence-corrected chi connectivity index (χ1v) is 17.9. The lowest BCUT2D eigenvalue weighted by Gasteiger charge is -2.20. The molecule has 252 valence electrons. The van der Waals surface area contributed by atoms with Crippen LogP contribution in [-0.4, -0.2) is 37.1 Å². The van der Waals surface area contributed by atoms with Gasteiger partial charge in [0.05, 0.1) is 27.4 Å². The summed E-state index contributed by atoms with van der Waals surface area (Å²) in [5, 5.41) is 6.05. The summed E-state index contributed by atoms with van der Waals surface area (Å²) >= 11 is 13.5. The molecule has 0 radical (unpaired) electrons. The van der Waals surface area contributed by atoms with Gasteiger partial charge in [0.15, 0.2) is 0 Å². The largest absolute Gasteiger partial charge is 0.351 e. The predicted octanol–water partition coefficient (Wildman–Crippen LogP) is 8.92. The highest BCUT2D eigenvalue weighted by atomic mass is 35.5. The second-order valence-electron chi connectivity index (χ2n) is 13.0. The van der Waals surface area contributed by atoms with Gasteiger partial charge >= 0.3 is 0 Å². The smallest absolute Gasteiger partial charge is 0.266 e. The molecule has 0 aliphatic rings. The van der Waals surface area contributed by atoms with Crippen LogP contribution in [-0.2, 0) is 21.3 Å². The molecule has 2 amide bonds. The molecule has 3 N–H and O–H groups in total. The maximum absolute atomic E-state index is 14.0. The van der Waals surface area contributed by atoms with E-state index < -0.39 is 27.7 Å². The van der Waals surface area contributed by atoms with Crippen LogP contribution in [0, 0.1) is 19.3 Å². The fourth-order valence-corrected chi connectivity index (χ4v) is 6.00. The van der Waals surface area contributed by atoms with Gasteiger partial charge in [0.2, 0.25) is 5.91 Å². The van der Waals surface area contributed by atoms with Gasteiger partial charge in [-0.2, -0.15) is 8.42 Å². The maximum Gasteiger partial charge on any atom is 0.266 e. The first kappa shape index (κ1) is 36.9. The van der Waals surface area contributed by atoms with E-state index in [1.54, 1.807) is 30.3 Å². The lowest BCUT2D eigenvalue weighted by Crippen LogP contribution is -2.28. The molecule has 1 atom stereocenters. The van der Waals surface area contributed by atoms with Crippen molar-refractivity contribution in [3.63, 3.8) is 0 Å². The van der Waals surface area contributed by atoms with E-state index in [1.807, 2.05) is 56.3 Å². The average Bonchev–Trinajstić information content (AvgIpc) is 3.01. The fraction of sp³-hybridized carbons (Fsp3) is 0.263. The number of benzene rings is 4. The van der Waals surface area contributed by atoms with Crippen LogP contribution in [0.15, 0.2) is 84.9 Å². The molecule has 0 heterocycles. The summed E-state index contributed by atoms with van der Waals surface area (Å²) in [4.78, 5) is 26.5. The van der Waals surface area contributed by atoms with Crippen molar-refractivity contribution in [2.75, 3.05) is 17.6 Å². The quantitative estimate of drug-likeness (QED) is 0.135. The molecule has 0 spiro atoms. The van der Waals surface area contributed by atoms with Crippen molar-refractivity contribution in [3.05, 3.63) is 128 Å². The molecule has 0 fully saturated rings. The Morgan fingerprint density at radius 3 is 2.12 bits per heavy atom. The first-order chi connectivity index (χ1) is 22.5. The second kappa shape index (κ2) is 15.5. The topological polar surface area (TPSA) is 113 Å². The zero-order chi connectivity index (χ0) is 35.2. The lowest BCUT2D eigenvalue weighted by molar-refractivity contribution is -0.117. The number of hydrogen-bond acceptors (Lipinski definition) is 4. The van der Waals surface area contributed by atoms with Crippen molar-refractivity contribution in [2.45, 2.75) is 47.0 Å². The summed E-state index contributed by atoms with van der Waals surface area (Å²) in [6.07, 6.45) is 4.50. The van der Waals surface area contributed by atoms with Crippen LogP contribution in [0.4, 0.5) is 5.69 Å². The maximum atomic E-state index is 14.0. The molecule has 1 unspecified atom stereocenters. The Morgan fingerprint density at radius 2 is 1.52 bits per heavy atom. The molecule has 0 aromatic heterocycles. The van der Waals surface area contributed by atoms with Gasteiger partial charge in [0, 0.05) is 17.7 Å². The molecule has 0 aliphatic carbocycles. The Bertz CT molecular complexity index is 1930. The van der Waals surface area contributed by atoms with Crippen LogP contribution in [0.25, 0.3) is 17.2 Å². The molecule has 4 rings (SSSR count). The van der Waals surface area contributed by atoms with Gasteiger partial charge in [-0.1, -0.05) is 122 Å². The van der Waals surface area contributed by atoms with Gasteiger partial charge < -0.3 is 10.6 Å². The Balaban J connectivity index is 1.60. The minimum Gasteiger partial charge on any atom is -0.351 e. The Hall–Kier alpha value is -3.95. The second-order valence-corrected chi connectivity index (χ2v) is 15.3. The summed E-state index contributed by atoms with van der Waals surface area (Å²) in [6, 6.07) is 24.2. The molecular formula is C38H40Cl2N2O5S.